The Kier molecular flexibility index (Phi) is 6.03. The molecule has 31 heavy (non-hydrogen) atoms. The van der Waals surface area contributed by atoms with Crippen molar-refractivity contribution < 1.29 is 5.11 Å². The SMILES string of the molecule is CCCn1c(=O)c2[nH]c(C3C=NN(Cc4cccc(CO)c4)C3)nc2n(CCC)c1=O. The van der Waals surface area contributed by atoms with Crippen LogP contribution >= 0.6 is 0 Å². The largest absolute Gasteiger partial charge is 0.392 e. The van der Waals surface area contributed by atoms with Crippen molar-refractivity contribution in [3.05, 3.63) is 62.1 Å². The van der Waals surface area contributed by atoms with Crippen LogP contribution in [0.15, 0.2) is 39.0 Å². The third-order valence-electron chi connectivity index (χ3n) is 5.48. The van der Waals surface area contributed by atoms with Crippen molar-refractivity contribution in [2.45, 2.75) is 58.8 Å². The van der Waals surface area contributed by atoms with Crippen molar-refractivity contribution in [2.24, 2.45) is 5.10 Å². The molecule has 3 heterocycles. The number of imidazole rings is 1. The summed E-state index contributed by atoms with van der Waals surface area (Å²) < 4.78 is 2.89. The van der Waals surface area contributed by atoms with Crippen LogP contribution in [0.1, 0.15) is 49.6 Å². The second kappa shape index (κ2) is 8.89. The van der Waals surface area contributed by atoms with E-state index in [1.54, 1.807) is 4.57 Å². The molecule has 1 aliphatic heterocycles. The van der Waals surface area contributed by atoms with Crippen LogP contribution in [0.5, 0.6) is 0 Å². The van der Waals surface area contributed by atoms with Gasteiger partial charge in [0.05, 0.1) is 25.6 Å². The molecular formula is C22H28N6O3. The quantitative estimate of drug-likeness (QED) is 0.573. The third-order valence-corrected chi connectivity index (χ3v) is 5.48. The Bertz CT molecular complexity index is 1220. The predicted octanol–water partition coefficient (Wildman–Crippen LogP) is 1.78. The zero-order valence-corrected chi connectivity index (χ0v) is 17.9. The Labute approximate surface area is 179 Å². The molecule has 0 fully saturated rings. The van der Waals surface area contributed by atoms with E-state index in [0.717, 1.165) is 17.5 Å². The molecule has 0 amide bonds. The van der Waals surface area contributed by atoms with Gasteiger partial charge in [-0.15, -0.1) is 0 Å². The topological polar surface area (TPSA) is 109 Å². The molecule has 164 valence electrons. The van der Waals surface area contributed by atoms with Crippen molar-refractivity contribution in [1.29, 1.82) is 0 Å². The van der Waals surface area contributed by atoms with Crippen molar-refractivity contribution in [2.75, 3.05) is 6.54 Å². The van der Waals surface area contributed by atoms with Crippen molar-refractivity contribution >= 4 is 17.4 Å². The number of aryl methyl sites for hydroxylation is 1. The van der Waals surface area contributed by atoms with Gasteiger partial charge in [0.25, 0.3) is 5.56 Å². The number of benzene rings is 1. The monoisotopic (exact) mass is 424 g/mol. The van der Waals surface area contributed by atoms with E-state index in [1.165, 1.54) is 4.57 Å². The average molecular weight is 425 g/mol. The molecule has 0 saturated heterocycles. The Hall–Kier alpha value is -3.20. The fraction of sp³-hybridized carbons (Fsp3) is 0.455. The molecule has 1 aromatic carbocycles. The van der Waals surface area contributed by atoms with Gasteiger partial charge < -0.3 is 10.1 Å². The summed E-state index contributed by atoms with van der Waals surface area (Å²) in [6.07, 6.45) is 3.29. The number of nitrogens with zero attached hydrogens (tertiary/aromatic N) is 5. The molecule has 1 unspecified atom stereocenters. The molecule has 0 spiro atoms. The lowest BCUT2D eigenvalue weighted by Gasteiger charge is -2.15. The van der Waals surface area contributed by atoms with Gasteiger partial charge in [0.2, 0.25) is 0 Å². The second-order valence-electron chi connectivity index (χ2n) is 7.91. The summed E-state index contributed by atoms with van der Waals surface area (Å²) in [6, 6.07) is 7.77. The first kappa shape index (κ1) is 21.0. The first-order valence-electron chi connectivity index (χ1n) is 10.8. The van der Waals surface area contributed by atoms with E-state index < -0.39 is 0 Å². The number of aromatic nitrogens is 4. The minimum Gasteiger partial charge on any atom is -0.392 e. The zero-order chi connectivity index (χ0) is 22.0. The number of H-pyrrole nitrogens is 1. The normalized spacial score (nSPS) is 16.0. The van der Waals surface area contributed by atoms with E-state index >= 15 is 0 Å². The molecule has 0 radical (unpaired) electrons. The van der Waals surface area contributed by atoms with Gasteiger partial charge >= 0.3 is 5.69 Å². The van der Waals surface area contributed by atoms with E-state index in [0.29, 0.717) is 49.6 Å². The Morgan fingerprint density at radius 1 is 1.13 bits per heavy atom. The summed E-state index contributed by atoms with van der Waals surface area (Å²) >= 11 is 0. The number of hydrogen-bond acceptors (Lipinski definition) is 6. The number of rotatable bonds is 8. The number of aliphatic hydroxyl groups is 1. The highest BCUT2D eigenvalue weighted by Crippen LogP contribution is 2.22. The van der Waals surface area contributed by atoms with Crippen LogP contribution < -0.4 is 11.2 Å². The number of aliphatic hydroxyl groups excluding tert-OH is 1. The van der Waals surface area contributed by atoms with Crippen molar-refractivity contribution in [3.8, 4) is 0 Å². The maximum absolute atomic E-state index is 12.9. The Balaban J connectivity index is 1.62. The molecule has 1 aliphatic rings. The summed E-state index contributed by atoms with van der Waals surface area (Å²) in [5.41, 5.74) is 2.10. The number of nitrogens with one attached hydrogen (secondary N) is 1. The predicted molar refractivity (Wildman–Crippen MR) is 119 cm³/mol. The average Bonchev–Trinajstić information content (AvgIpc) is 3.42. The molecule has 2 aromatic heterocycles. The van der Waals surface area contributed by atoms with Gasteiger partial charge in [0, 0.05) is 19.3 Å². The lowest BCUT2D eigenvalue weighted by Crippen LogP contribution is -2.40. The highest BCUT2D eigenvalue weighted by Gasteiger charge is 2.25. The third kappa shape index (κ3) is 4.05. The van der Waals surface area contributed by atoms with Gasteiger partial charge in [-0.2, -0.15) is 5.10 Å². The van der Waals surface area contributed by atoms with E-state index in [-0.39, 0.29) is 23.8 Å². The molecule has 4 rings (SSSR count). The lowest BCUT2D eigenvalue weighted by molar-refractivity contribution is 0.280. The first-order chi connectivity index (χ1) is 15.0. The second-order valence-corrected chi connectivity index (χ2v) is 7.91. The van der Waals surface area contributed by atoms with Gasteiger partial charge in [-0.25, -0.2) is 9.78 Å². The Morgan fingerprint density at radius 3 is 2.61 bits per heavy atom. The van der Waals surface area contributed by atoms with Crippen LogP contribution in [0, 0.1) is 0 Å². The number of aromatic amines is 1. The number of fused-ring (bicyclic) bond motifs is 1. The Morgan fingerprint density at radius 2 is 1.87 bits per heavy atom. The van der Waals surface area contributed by atoms with Crippen LogP contribution in [0.2, 0.25) is 0 Å². The van der Waals surface area contributed by atoms with Crippen LogP contribution in [0.4, 0.5) is 0 Å². The molecule has 9 nitrogen and oxygen atoms in total. The molecule has 2 N–H and O–H groups in total. The molecular weight excluding hydrogens is 396 g/mol. The molecule has 0 aliphatic carbocycles. The molecule has 9 heteroatoms. The van der Waals surface area contributed by atoms with Gasteiger partial charge in [0.1, 0.15) is 11.3 Å². The van der Waals surface area contributed by atoms with Crippen LogP contribution in [-0.2, 0) is 26.2 Å². The van der Waals surface area contributed by atoms with E-state index in [1.807, 2.05) is 49.3 Å². The van der Waals surface area contributed by atoms with Gasteiger partial charge in [-0.05, 0) is 24.0 Å². The van der Waals surface area contributed by atoms with Crippen LogP contribution in [0.25, 0.3) is 11.2 Å². The van der Waals surface area contributed by atoms with Gasteiger partial charge in [-0.3, -0.25) is 18.9 Å². The van der Waals surface area contributed by atoms with E-state index in [2.05, 4.69) is 15.1 Å². The summed E-state index contributed by atoms with van der Waals surface area (Å²) in [7, 11) is 0. The minimum atomic E-state index is -0.319. The van der Waals surface area contributed by atoms with E-state index in [9.17, 15) is 14.7 Å². The molecule has 0 bridgehead atoms. The smallest absolute Gasteiger partial charge is 0.332 e. The van der Waals surface area contributed by atoms with Gasteiger partial charge in [-0.1, -0.05) is 38.1 Å². The molecule has 1 atom stereocenters. The lowest BCUT2D eigenvalue weighted by atomic mass is 10.1. The summed E-state index contributed by atoms with van der Waals surface area (Å²) in [4.78, 5) is 33.6. The van der Waals surface area contributed by atoms with Crippen LogP contribution in [0.3, 0.4) is 0 Å². The molecule has 0 saturated carbocycles. The summed E-state index contributed by atoms with van der Waals surface area (Å²) in [5, 5.41) is 15.8. The summed E-state index contributed by atoms with van der Waals surface area (Å²) in [6.45, 7) is 6.07. The highest BCUT2D eigenvalue weighted by molar-refractivity contribution is 5.74. The number of hydrazone groups is 1. The highest BCUT2D eigenvalue weighted by atomic mass is 16.3. The maximum Gasteiger partial charge on any atom is 0.332 e. The standard InChI is InChI=1S/C22H28N6O3/c1-3-8-27-20-18(21(30)28(9-4-2)22(27)31)24-19(25-20)17-11-23-26(13-17)12-15-6-5-7-16(10-15)14-29/h5-7,10-11,17,29H,3-4,8-9,12-14H2,1-2H3,(H,24,25). The minimum absolute atomic E-state index is 0.00768. The fourth-order valence-electron chi connectivity index (χ4n) is 4.00. The van der Waals surface area contributed by atoms with Crippen LogP contribution in [-0.4, -0.2) is 42.0 Å². The van der Waals surface area contributed by atoms with Crippen molar-refractivity contribution in [1.82, 2.24) is 24.1 Å². The zero-order valence-electron chi connectivity index (χ0n) is 17.9. The van der Waals surface area contributed by atoms with Crippen molar-refractivity contribution in [3.63, 3.8) is 0 Å². The van der Waals surface area contributed by atoms with E-state index in [4.69, 9.17) is 0 Å². The maximum atomic E-state index is 12.9. The first-order valence-corrected chi connectivity index (χ1v) is 10.8. The molecule has 3 aromatic rings. The fourth-order valence-corrected chi connectivity index (χ4v) is 4.00. The van der Waals surface area contributed by atoms with Gasteiger partial charge in [0.15, 0.2) is 5.65 Å². The summed E-state index contributed by atoms with van der Waals surface area (Å²) in [5.74, 6) is 0.540. The number of hydrogen-bond donors (Lipinski definition) is 2.